The van der Waals surface area contributed by atoms with Crippen molar-refractivity contribution >= 4 is 11.6 Å². The molecule has 4 nitrogen and oxygen atoms in total. The predicted molar refractivity (Wildman–Crippen MR) is 73.1 cm³/mol. The van der Waals surface area contributed by atoms with Gasteiger partial charge in [0, 0.05) is 11.4 Å². The minimum Gasteiger partial charge on any atom is -0.337 e. The molecule has 1 aromatic carbocycles. The molecule has 1 aromatic heterocycles. The van der Waals surface area contributed by atoms with E-state index in [1.165, 1.54) is 0 Å². The zero-order chi connectivity index (χ0) is 13.3. The lowest BCUT2D eigenvalue weighted by Gasteiger charge is -2.18. The van der Waals surface area contributed by atoms with Crippen molar-refractivity contribution in [3.8, 4) is 0 Å². The van der Waals surface area contributed by atoms with E-state index in [0.717, 1.165) is 30.0 Å². The first kappa shape index (κ1) is 12.6. The molecule has 1 saturated heterocycles. The maximum atomic E-state index is 5.97. The molecular weight excluding hydrogens is 262 g/mol. The molecule has 0 saturated carbocycles. The molecule has 2 heterocycles. The second kappa shape index (κ2) is 4.94. The minimum atomic E-state index is -0.167. The SMILES string of the molecule is CC1(c2nc(Cc3cccc(Cl)c3)no2)CCCN1. The summed E-state index contributed by atoms with van der Waals surface area (Å²) in [5.41, 5.74) is 0.920. The molecule has 2 aromatic rings. The number of rotatable bonds is 3. The van der Waals surface area contributed by atoms with Gasteiger partial charge in [-0.05, 0) is 44.0 Å². The molecule has 0 radical (unpaired) electrons. The Labute approximate surface area is 117 Å². The maximum absolute atomic E-state index is 5.97. The summed E-state index contributed by atoms with van der Waals surface area (Å²) in [5, 5.41) is 8.21. The van der Waals surface area contributed by atoms with Crippen LogP contribution in [-0.2, 0) is 12.0 Å². The van der Waals surface area contributed by atoms with Gasteiger partial charge in [0.15, 0.2) is 5.82 Å². The van der Waals surface area contributed by atoms with E-state index in [4.69, 9.17) is 16.1 Å². The number of hydrogen-bond donors (Lipinski definition) is 1. The smallest absolute Gasteiger partial charge is 0.246 e. The van der Waals surface area contributed by atoms with Crippen LogP contribution < -0.4 is 5.32 Å². The fraction of sp³-hybridized carbons (Fsp3) is 0.429. The summed E-state index contributed by atoms with van der Waals surface area (Å²) in [6.45, 7) is 3.11. The van der Waals surface area contributed by atoms with Crippen LogP contribution in [0.1, 0.15) is 37.0 Å². The van der Waals surface area contributed by atoms with Crippen LogP contribution in [0.5, 0.6) is 0 Å². The van der Waals surface area contributed by atoms with Gasteiger partial charge in [0.25, 0.3) is 0 Å². The summed E-state index contributed by atoms with van der Waals surface area (Å²) in [5.74, 6) is 1.38. The molecule has 19 heavy (non-hydrogen) atoms. The van der Waals surface area contributed by atoms with Crippen LogP contribution in [0.2, 0.25) is 5.02 Å². The quantitative estimate of drug-likeness (QED) is 0.937. The maximum Gasteiger partial charge on any atom is 0.246 e. The van der Waals surface area contributed by atoms with Gasteiger partial charge >= 0.3 is 0 Å². The Hall–Kier alpha value is -1.39. The van der Waals surface area contributed by atoms with E-state index < -0.39 is 0 Å². The van der Waals surface area contributed by atoms with Crippen LogP contribution in [0.3, 0.4) is 0 Å². The monoisotopic (exact) mass is 277 g/mol. The third kappa shape index (κ3) is 2.65. The van der Waals surface area contributed by atoms with Crippen LogP contribution >= 0.6 is 11.6 Å². The van der Waals surface area contributed by atoms with Crippen molar-refractivity contribution in [3.63, 3.8) is 0 Å². The standard InChI is InChI=1S/C14H16ClN3O/c1-14(6-3-7-16-14)13-17-12(18-19-13)9-10-4-2-5-11(15)8-10/h2,4-5,8,16H,3,6-7,9H2,1H3. The number of nitrogens with zero attached hydrogens (tertiary/aromatic N) is 2. The van der Waals surface area contributed by atoms with E-state index in [-0.39, 0.29) is 5.54 Å². The van der Waals surface area contributed by atoms with Crippen molar-refractivity contribution in [2.45, 2.75) is 31.7 Å². The van der Waals surface area contributed by atoms with Crippen LogP contribution in [0.25, 0.3) is 0 Å². The van der Waals surface area contributed by atoms with E-state index in [1.807, 2.05) is 24.3 Å². The normalized spacial score (nSPS) is 22.8. The summed E-state index contributed by atoms with van der Waals surface area (Å²) < 4.78 is 5.40. The molecule has 100 valence electrons. The van der Waals surface area contributed by atoms with Gasteiger partial charge < -0.3 is 9.84 Å². The molecule has 5 heteroatoms. The summed E-state index contributed by atoms with van der Waals surface area (Å²) in [4.78, 5) is 4.51. The Morgan fingerprint density at radius 1 is 1.47 bits per heavy atom. The van der Waals surface area contributed by atoms with Gasteiger partial charge in [0.1, 0.15) is 0 Å². The molecule has 3 rings (SSSR count). The van der Waals surface area contributed by atoms with Gasteiger partial charge in [-0.3, -0.25) is 0 Å². The second-order valence-electron chi connectivity index (χ2n) is 5.18. The van der Waals surface area contributed by atoms with Gasteiger partial charge in [-0.2, -0.15) is 4.98 Å². The average Bonchev–Trinajstić information content (AvgIpc) is 2.99. The first-order valence-corrected chi connectivity index (χ1v) is 6.86. The van der Waals surface area contributed by atoms with Crippen LogP contribution in [0, 0.1) is 0 Å². The van der Waals surface area contributed by atoms with Gasteiger partial charge in [-0.25, -0.2) is 0 Å². The number of halogens is 1. The lowest BCUT2D eigenvalue weighted by Crippen LogP contribution is -2.33. The Kier molecular flexibility index (Phi) is 3.29. The van der Waals surface area contributed by atoms with Gasteiger partial charge in [-0.15, -0.1) is 0 Å². The Morgan fingerprint density at radius 3 is 3.11 bits per heavy atom. The largest absolute Gasteiger partial charge is 0.337 e. The fourth-order valence-electron chi connectivity index (χ4n) is 2.46. The topological polar surface area (TPSA) is 51.0 Å². The Bertz CT molecular complexity index is 576. The van der Waals surface area contributed by atoms with Crippen molar-refractivity contribution in [3.05, 3.63) is 46.6 Å². The van der Waals surface area contributed by atoms with Crippen LogP contribution in [0.15, 0.2) is 28.8 Å². The van der Waals surface area contributed by atoms with Crippen molar-refractivity contribution < 1.29 is 4.52 Å². The first-order valence-electron chi connectivity index (χ1n) is 6.48. The summed E-state index contributed by atoms with van der Waals surface area (Å²) in [7, 11) is 0. The highest BCUT2D eigenvalue weighted by atomic mass is 35.5. The number of hydrogen-bond acceptors (Lipinski definition) is 4. The van der Waals surface area contributed by atoms with Crippen molar-refractivity contribution in [1.29, 1.82) is 0 Å². The fourth-order valence-corrected chi connectivity index (χ4v) is 2.67. The van der Waals surface area contributed by atoms with E-state index in [9.17, 15) is 0 Å². The lowest BCUT2D eigenvalue weighted by atomic mass is 10.0. The van der Waals surface area contributed by atoms with Crippen molar-refractivity contribution in [2.24, 2.45) is 0 Å². The van der Waals surface area contributed by atoms with Gasteiger partial charge in [-0.1, -0.05) is 28.9 Å². The molecule has 1 N–H and O–H groups in total. The molecule has 0 aliphatic carbocycles. The van der Waals surface area contributed by atoms with Crippen molar-refractivity contribution in [2.75, 3.05) is 6.54 Å². The highest BCUT2D eigenvalue weighted by Gasteiger charge is 2.35. The number of nitrogens with one attached hydrogen (secondary N) is 1. The van der Waals surface area contributed by atoms with E-state index >= 15 is 0 Å². The molecule has 0 amide bonds. The zero-order valence-electron chi connectivity index (χ0n) is 10.8. The van der Waals surface area contributed by atoms with Crippen molar-refractivity contribution in [1.82, 2.24) is 15.5 Å². The lowest BCUT2D eigenvalue weighted by molar-refractivity contribution is 0.274. The third-order valence-electron chi connectivity index (χ3n) is 3.56. The van der Waals surface area contributed by atoms with Gasteiger partial charge in [0.05, 0.1) is 5.54 Å². The molecule has 1 aliphatic heterocycles. The molecule has 1 unspecified atom stereocenters. The molecule has 0 bridgehead atoms. The van der Waals surface area contributed by atoms with E-state index in [1.54, 1.807) is 0 Å². The minimum absolute atomic E-state index is 0.167. The molecule has 1 atom stereocenters. The van der Waals surface area contributed by atoms with Crippen LogP contribution in [0.4, 0.5) is 0 Å². The summed E-state index contributed by atoms with van der Waals surface area (Å²) >= 11 is 5.97. The second-order valence-corrected chi connectivity index (χ2v) is 5.62. The number of aromatic nitrogens is 2. The summed E-state index contributed by atoms with van der Waals surface area (Å²) in [6, 6.07) is 7.72. The highest BCUT2D eigenvalue weighted by molar-refractivity contribution is 6.30. The average molecular weight is 278 g/mol. The third-order valence-corrected chi connectivity index (χ3v) is 3.80. The molecule has 0 spiro atoms. The predicted octanol–water partition coefficient (Wildman–Crippen LogP) is 2.91. The molecule has 1 aliphatic rings. The Balaban J connectivity index is 1.78. The Morgan fingerprint density at radius 2 is 2.37 bits per heavy atom. The van der Waals surface area contributed by atoms with E-state index in [2.05, 4.69) is 22.4 Å². The van der Waals surface area contributed by atoms with Crippen LogP contribution in [-0.4, -0.2) is 16.7 Å². The highest BCUT2D eigenvalue weighted by Crippen LogP contribution is 2.29. The molecule has 1 fully saturated rings. The van der Waals surface area contributed by atoms with Gasteiger partial charge in [0.2, 0.25) is 5.89 Å². The summed E-state index contributed by atoms with van der Waals surface area (Å²) in [6.07, 6.45) is 2.81. The molecular formula is C14H16ClN3O. The van der Waals surface area contributed by atoms with E-state index in [0.29, 0.717) is 18.1 Å². The number of benzene rings is 1. The zero-order valence-corrected chi connectivity index (χ0v) is 11.6. The first-order chi connectivity index (χ1) is 9.16.